The molecule has 2 N–H and O–H groups in total. The summed E-state index contributed by atoms with van der Waals surface area (Å²) in [5.41, 5.74) is 0.407. The molecule has 2 atom stereocenters. The zero-order valence-corrected chi connectivity index (χ0v) is 13.2. The number of nitrogens with zero attached hydrogens (tertiary/aromatic N) is 1. The summed E-state index contributed by atoms with van der Waals surface area (Å²) < 4.78 is 0. The monoisotopic (exact) mass is 267 g/mol. The number of likely N-dealkylation sites (N-methyl/N-ethyl adjacent to an activating group) is 1. The Labute approximate surface area is 119 Å². The quantitative estimate of drug-likeness (QED) is 0.799. The highest BCUT2D eigenvalue weighted by atomic mass is 15.2. The summed E-state index contributed by atoms with van der Waals surface area (Å²) in [4.78, 5) is 2.48. The molecule has 0 spiro atoms. The van der Waals surface area contributed by atoms with Gasteiger partial charge < -0.3 is 15.5 Å². The fourth-order valence-electron chi connectivity index (χ4n) is 3.95. The first kappa shape index (κ1) is 15.3. The smallest absolute Gasteiger partial charge is 0.0330 e. The molecule has 2 fully saturated rings. The van der Waals surface area contributed by atoms with Crippen molar-refractivity contribution in [2.75, 3.05) is 40.3 Å². The standard InChI is InChI=1S/C16H33N3/c1-14-5-4-8-16(11-14,19(2)3)13-18-12-15-6-9-17-10-7-15/h14-15,17-18H,4-13H2,1-3H3. The first-order valence-corrected chi connectivity index (χ1v) is 8.21. The fraction of sp³-hybridized carbons (Fsp3) is 1.00. The Balaban J connectivity index is 1.79. The lowest BCUT2D eigenvalue weighted by atomic mass is 9.75. The van der Waals surface area contributed by atoms with Gasteiger partial charge in [-0.05, 0) is 71.2 Å². The Hall–Kier alpha value is -0.120. The van der Waals surface area contributed by atoms with E-state index in [1.165, 1.54) is 64.7 Å². The van der Waals surface area contributed by atoms with Gasteiger partial charge in [-0.1, -0.05) is 19.8 Å². The van der Waals surface area contributed by atoms with Gasteiger partial charge in [-0.15, -0.1) is 0 Å². The van der Waals surface area contributed by atoms with Crippen LogP contribution in [0.4, 0.5) is 0 Å². The van der Waals surface area contributed by atoms with E-state index in [0.29, 0.717) is 5.54 Å². The molecule has 0 bridgehead atoms. The lowest BCUT2D eigenvalue weighted by molar-refractivity contribution is 0.0738. The van der Waals surface area contributed by atoms with Crippen molar-refractivity contribution in [1.29, 1.82) is 0 Å². The van der Waals surface area contributed by atoms with E-state index in [2.05, 4.69) is 36.6 Å². The van der Waals surface area contributed by atoms with Gasteiger partial charge in [-0.3, -0.25) is 0 Å². The highest BCUT2D eigenvalue weighted by Crippen LogP contribution is 2.35. The summed E-state index contributed by atoms with van der Waals surface area (Å²) >= 11 is 0. The molecule has 1 saturated heterocycles. The normalized spacial score (nSPS) is 33.8. The Morgan fingerprint density at radius 3 is 2.58 bits per heavy atom. The van der Waals surface area contributed by atoms with Gasteiger partial charge in [0.15, 0.2) is 0 Å². The average molecular weight is 267 g/mol. The van der Waals surface area contributed by atoms with Crippen LogP contribution in [0.3, 0.4) is 0 Å². The maximum absolute atomic E-state index is 3.80. The van der Waals surface area contributed by atoms with Crippen LogP contribution >= 0.6 is 0 Å². The maximum Gasteiger partial charge on any atom is 0.0330 e. The van der Waals surface area contributed by atoms with Crippen LogP contribution in [0.5, 0.6) is 0 Å². The molecule has 19 heavy (non-hydrogen) atoms. The van der Waals surface area contributed by atoms with Crippen LogP contribution in [0, 0.1) is 11.8 Å². The lowest BCUT2D eigenvalue weighted by Crippen LogP contribution is -2.54. The SMILES string of the molecule is CC1CCCC(CNCC2CCNCC2)(N(C)C)C1. The van der Waals surface area contributed by atoms with Crippen LogP contribution in [0.15, 0.2) is 0 Å². The van der Waals surface area contributed by atoms with E-state index >= 15 is 0 Å². The second-order valence-electron chi connectivity index (χ2n) is 7.14. The number of nitrogens with one attached hydrogen (secondary N) is 2. The molecule has 1 heterocycles. The minimum atomic E-state index is 0.407. The molecule has 0 aromatic rings. The van der Waals surface area contributed by atoms with Gasteiger partial charge in [0.2, 0.25) is 0 Å². The van der Waals surface area contributed by atoms with Crippen molar-refractivity contribution in [2.24, 2.45) is 11.8 Å². The number of piperidine rings is 1. The third-order valence-corrected chi connectivity index (χ3v) is 5.36. The molecule has 0 aromatic carbocycles. The van der Waals surface area contributed by atoms with Gasteiger partial charge in [0.05, 0.1) is 0 Å². The fourth-order valence-corrected chi connectivity index (χ4v) is 3.95. The summed E-state index contributed by atoms with van der Waals surface area (Å²) in [6, 6.07) is 0. The van der Waals surface area contributed by atoms with Crippen molar-refractivity contribution in [3.8, 4) is 0 Å². The Kier molecular flexibility index (Phi) is 5.67. The number of hydrogen-bond acceptors (Lipinski definition) is 3. The second kappa shape index (κ2) is 7.05. The molecule has 3 heteroatoms. The largest absolute Gasteiger partial charge is 0.317 e. The van der Waals surface area contributed by atoms with Crippen LogP contribution in [-0.2, 0) is 0 Å². The first-order chi connectivity index (χ1) is 9.12. The van der Waals surface area contributed by atoms with Crippen LogP contribution in [0.2, 0.25) is 0 Å². The molecule has 1 saturated carbocycles. The second-order valence-corrected chi connectivity index (χ2v) is 7.14. The van der Waals surface area contributed by atoms with Gasteiger partial charge >= 0.3 is 0 Å². The third-order valence-electron chi connectivity index (χ3n) is 5.36. The molecule has 3 nitrogen and oxygen atoms in total. The average Bonchev–Trinajstić information content (AvgIpc) is 2.40. The molecule has 2 unspecified atom stereocenters. The van der Waals surface area contributed by atoms with E-state index in [0.717, 1.165) is 11.8 Å². The van der Waals surface area contributed by atoms with Crippen molar-refractivity contribution in [3.05, 3.63) is 0 Å². The van der Waals surface area contributed by atoms with E-state index in [1.54, 1.807) is 0 Å². The Morgan fingerprint density at radius 2 is 1.95 bits per heavy atom. The van der Waals surface area contributed by atoms with Gasteiger partial charge in [-0.2, -0.15) is 0 Å². The van der Waals surface area contributed by atoms with E-state index < -0.39 is 0 Å². The van der Waals surface area contributed by atoms with Crippen LogP contribution in [-0.4, -0.2) is 50.7 Å². The van der Waals surface area contributed by atoms with Crippen LogP contribution in [0.25, 0.3) is 0 Å². The summed E-state index contributed by atoms with van der Waals surface area (Å²) in [5.74, 6) is 1.78. The van der Waals surface area contributed by atoms with Gasteiger partial charge in [0.25, 0.3) is 0 Å². The van der Waals surface area contributed by atoms with E-state index in [1.807, 2.05) is 0 Å². The third kappa shape index (κ3) is 4.17. The summed E-state index contributed by atoms with van der Waals surface area (Å²) in [6.45, 7) is 7.23. The Bertz CT molecular complexity index is 261. The summed E-state index contributed by atoms with van der Waals surface area (Å²) in [5, 5.41) is 7.25. The molecule has 2 aliphatic rings. The van der Waals surface area contributed by atoms with E-state index in [4.69, 9.17) is 0 Å². The van der Waals surface area contributed by atoms with Crippen LogP contribution in [0.1, 0.15) is 45.4 Å². The predicted octanol–water partition coefficient (Wildman–Crippen LogP) is 2.09. The van der Waals surface area contributed by atoms with Gasteiger partial charge in [-0.25, -0.2) is 0 Å². The number of rotatable bonds is 5. The molecule has 112 valence electrons. The molecule has 0 radical (unpaired) electrons. The molecular weight excluding hydrogens is 234 g/mol. The maximum atomic E-state index is 3.80. The van der Waals surface area contributed by atoms with Gasteiger partial charge in [0.1, 0.15) is 0 Å². The first-order valence-electron chi connectivity index (χ1n) is 8.21. The highest BCUT2D eigenvalue weighted by molar-refractivity contribution is 4.94. The van der Waals surface area contributed by atoms with E-state index in [-0.39, 0.29) is 0 Å². The van der Waals surface area contributed by atoms with Crippen molar-refractivity contribution in [1.82, 2.24) is 15.5 Å². The summed E-state index contributed by atoms with van der Waals surface area (Å²) in [7, 11) is 4.54. The zero-order valence-electron chi connectivity index (χ0n) is 13.2. The zero-order chi connectivity index (χ0) is 13.7. The highest BCUT2D eigenvalue weighted by Gasteiger charge is 2.36. The van der Waals surface area contributed by atoms with Gasteiger partial charge in [0, 0.05) is 12.1 Å². The molecule has 1 aliphatic carbocycles. The Morgan fingerprint density at radius 1 is 1.21 bits per heavy atom. The summed E-state index contributed by atoms with van der Waals surface area (Å²) in [6.07, 6.45) is 8.23. The van der Waals surface area contributed by atoms with E-state index in [9.17, 15) is 0 Å². The molecule has 0 amide bonds. The molecule has 1 aliphatic heterocycles. The topological polar surface area (TPSA) is 27.3 Å². The van der Waals surface area contributed by atoms with Crippen molar-refractivity contribution >= 4 is 0 Å². The number of hydrogen-bond donors (Lipinski definition) is 2. The minimum Gasteiger partial charge on any atom is -0.317 e. The van der Waals surface area contributed by atoms with Crippen LogP contribution < -0.4 is 10.6 Å². The minimum absolute atomic E-state index is 0.407. The lowest BCUT2D eigenvalue weighted by Gasteiger charge is -2.45. The van der Waals surface area contributed by atoms with Crippen molar-refractivity contribution in [2.45, 2.75) is 51.0 Å². The van der Waals surface area contributed by atoms with Crippen molar-refractivity contribution < 1.29 is 0 Å². The molecular formula is C16H33N3. The predicted molar refractivity (Wildman–Crippen MR) is 82.5 cm³/mol. The molecule has 2 rings (SSSR count). The van der Waals surface area contributed by atoms with Crippen molar-refractivity contribution in [3.63, 3.8) is 0 Å². The molecule has 0 aromatic heterocycles.